The summed E-state index contributed by atoms with van der Waals surface area (Å²) < 4.78 is 5.29. The molecule has 3 atom stereocenters. The molecule has 0 amide bonds. The largest absolute Gasteiger partial charge is 0.455 e. The lowest BCUT2D eigenvalue weighted by Gasteiger charge is -2.34. The number of hydrogen-bond acceptors (Lipinski definition) is 3. The Kier molecular flexibility index (Phi) is 4.23. The summed E-state index contributed by atoms with van der Waals surface area (Å²) in [6.07, 6.45) is 4.11. The Hall–Kier alpha value is -0.0551. The van der Waals surface area contributed by atoms with Gasteiger partial charge in [-0.3, -0.25) is 0 Å². The summed E-state index contributed by atoms with van der Waals surface area (Å²) in [5, 5.41) is 18.3. The molecule has 0 aliphatic heterocycles. The minimum Gasteiger partial charge on any atom is -0.427 e. The van der Waals surface area contributed by atoms with Gasteiger partial charge in [-0.2, -0.15) is 0 Å². The van der Waals surface area contributed by atoms with Crippen molar-refractivity contribution in [3.8, 4) is 0 Å². The molecule has 2 N–H and O–H groups in total. The van der Waals surface area contributed by atoms with Crippen molar-refractivity contribution in [2.45, 2.75) is 44.5 Å². The van der Waals surface area contributed by atoms with Gasteiger partial charge < -0.3 is 14.8 Å². The van der Waals surface area contributed by atoms with Gasteiger partial charge in [0.25, 0.3) is 0 Å². The van der Waals surface area contributed by atoms with Crippen LogP contribution in [0.1, 0.15) is 32.6 Å². The van der Waals surface area contributed by atoms with E-state index in [0.717, 1.165) is 25.7 Å². The summed E-state index contributed by atoms with van der Waals surface area (Å²) >= 11 is 0. The molecule has 4 heteroatoms. The van der Waals surface area contributed by atoms with E-state index < -0.39 is 7.12 Å². The monoisotopic (exact) mass is 186 g/mol. The first-order chi connectivity index (χ1) is 6.19. The van der Waals surface area contributed by atoms with E-state index in [0.29, 0.717) is 12.0 Å². The zero-order valence-electron chi connectivity index (χ0n) is 8.44. The summed E-state index contributed by atoms with van der Waals surface area (Å²) in [4.78, 5) is 0. The molecule has 1 saturated carbocycles. The Morgan fingerprint density at radius 2 is 2.08 bits per heavy atom. The van der Waals surface area contributed by atoms with Crippen LogP contribution in [-0.4, -0.2) is 30.4 Å². The van der Waals surface area contributed by atoms with Gasteiger partial charge in [0.05, 0.1) is 6.10 Å². The van der Waals surface area contributed by atoms with Crippen molar-refractivity contribution in [3.05, 3.63) is 0 Å². The Labute approximate surface area is 80.2 Å². The lowest BCUT2D eigenvalue weighted by atomic mass is 9.58. The second kappa shape index (κ2) is 4.98. The van der Waals surface area contributed by atoms with Gasteiger partial charge in [-0.05, 0) is 31.0 Å². The van der Waals surface area contributed by atoms with Crippen molar-refractivity contribution in [2.75, 3.05) is 7.11 Å². The fourth-order valence-corrected chi connectivity index (χ4v) is 2.32. The predicted molar refractivity (Wildman–Crippen MR) is 52.4 cm³/mol. The maximum atomic E-state index is 9.15. The van der Waals surface area contributed by atoms with Crippen LogP contribution in [0, 0.1) is 5.92 Å². The maximum Gasteiger partial charge on any atom is 0.455 e. The fourth-order valence-electron chi connectivity index (χ4n) is 2.32. The average molecular weight is 186 g/mol. The van der Waals surface area contributed by atoms with Crippen LogP contribution < -0.4 is 0 Å². The van der Waals surface area contributed by atoms with Crippen LogP contribution in [0.15, 0.2) is 0 Å². The molecule has 0 aromatic carbocycles. The highest BCUT2D eigenvalue weighted by atomic mass is 16.5. The van der Waals surface area contributed by atoms with Gasteiger partial charge in [0, 0.05) is 7.11 Å². The molecule has 1 fully saturated rings. The fraction of sp³-hybridized carbons (Fsp3) is 1.00. The molecule has 0 spiro atoms. The second-order valence-electron chi connectivity index (χ2n) is 3.92. The number of ether oxygens (including phenoxy) is 1. The summed E-state index contributed by atoms with van der Waals surface area (Å²) in [6, 6.07) is 0. The minimum atomic E-state index is -1.15. The quantitative estimate of drug-likeness (QED) is 0.647. The highest BCUT2D eigenvalue weighted by Crippen LogP contribution is 2.38. The van der Waals surface area contributed by atoms with Crippen LogP contribution in [0.25, 0.3) is 0 Å². The Bertz CT molecular complexity index is 152. The first-order valence-electron chi connectivity index (χ1n) is 5.08. The Morgan fingerprint density at radius 1 is 1.38 bits per heavy atom. The van der Waals surface area contributed by atoms with Crippen molar-refractivity contribution in [1.29, 1.82) is 0 Å². The Balaban J connectivity index is 2.50. The van der Waals surface area contributed by atoms with Gasteiger partial charge in [-0.25, -0.2) is 0 Å². The minimum absolute atomic E-state index is 0.0522. The zero-order valence-corrected chi connectivity index (χ0v) is 8.44. The van der Waals surface area contributed by atoms with E-state index in [9.17, 15) is 0 Å². The van der Waals surface area contributed by atoms with Gasteiger partial charge in [0.1, 0.15) is 0 Å². The van der Waals surface area contributed by atoms with Crippen LogP contribution in [0.4, 0.5) is 0 Å². The van der Waals surface area contributed by atoms with Gasteiger partial charge in [0.2, 0.25) is 0 Å². The van der Waals surface area contributed by atoms with Crippen molar-refractivity contribution in [1.82, 2.24) is 0 Å². The van der Waals surface area contributed by atoms with Crippen molar-refractivity contribution < 1.29 is 14.8 Å². The molecule has 76 valence electrons. The molecule has 3 nitrogen and oxygen atoms in total. The lowest BCUT2D eigenvalue weighted by molar-refractivity contribution is 0.0463. The molecular weight excluding hydrogens is 167 g/mol. The third-order valence-corrected chi connectivity index (χ3v) is 3.23. The molecule has 0 radical (unpaired) electrons. The van der Waals surface area contributed by atoms with E-state index in [4.69, 9.17) is 14.8 Å². The van der Waals surface area contributed by atoms with Gasteiger partial charge >= 0.3 is 7.12 Å². The molecule has 0 aromatic heterocycles. The molecule has 0 saturated heterocycles. The molecule has 0 aromatic rings. The van der Waals surface area contributed by atoms with Crippen molar-refractivity contribution >= 4 is 7.12 Å². The molecule has 0 heterocycles. The first-order valence-corrected chi connectivity index (χ1v) is 5.08. The number of methoxy groups -OCH3 is 1. The highest BCUT2D eigenvalue weighted by molar-refractivity contribution is 6.43. The van der Waals surface area contributed by atoms with E-state index in [1.165, 1.54) is 0 Å². The van der Waals surface area contributed by atoms with E-state index in [2.05, 4.69) is 6.92 Å². The maximum absolute atomic E-state index is 9.15. The third kappa shape index (κ3) is 2.69. The summed E-state index contributed by atoms with van der Waals surface area (Å²) in [5.74, 6) is 0.454. The number of rotatable bonds is 3. The van der Waals surface area contributed by atoms with Crippen LogP contribution in [0.5, 0.6) is 0 Å². The van der Waals surface area contributed by atoms with Gasteiger partial charge in [0.15, 0.2) is 0 Å². The summed E-state index contributed by atoms with van der Waals surface area (Å²) in [7, 11) is 0.579. The van der Waals surface area contributed by atoms with E-state index in [-0.39, 0.29) is 5.82 Å². The standard InChI is InChI=1S/C9H19BO3/c1-3-7-6-8(13-2)4-5-9(7)10(11)12/h7-9,11-12H,3-6H2,1-2H3/t7?,8-,9?/m1/s1. The molecule has 1 aliphatic carbocycles. The third-order valence-electron chi connectivity index (χ3n) is 3.23. The topological polar surface area (TPSA) is 49.7 Å². The van der Waals surface area contributed by atoms with Crippen LogP contribution in [-0.2, 0) is 4.74 Å². The van der Waals surface area contributed by atoms with E-state index in [1.807, 2.05) is 0 Å². The smallest absolute Gasteiger partial charge is 0.427 e. The van der Waals surface area contributed by atoms with Crippen LogP contribution >= 0.6 is 0 Å². The summed E-state index contributed by atoms with van der Waals surface area (Å²) in [6.45, 7) is 2.10. The number of hydrogen-bond donors (Lipinski definition) is 2. The van der Waals surface area contributed by atoms with E-state index in [1.54, 1.807) is 7.11 Å². The average Bonchev–Trinajstić information content (AvgIpc) is 2.16. The van der Waals surface area contributed by atoms with Crippen LogP contribution in [0.2, 0.25) is 5.82 Å². The predicted octanol–water partition coefficient (Wildman–Crippen LogP) is 1.05. The van der Waals surface area contributed by atoms with Gasteiger partial charge in [-0.15, -0.1) is 0 Å². The molecule has 1 aliphatic rings. The van der Waals surface area contributed by atoms with E-state index >= 15 is 0 Å². The zero-order chi connectivity index (χ0) is 9.84. The van der Waals surface area contributed by atoms with Crippen molar-refractivity contribution in [3.63, 3.8) is 0 Å². The molecule has 2 unspecified atom stereocenters. The van der Waals surface area contributed by atoms with Crippen molar-refractivity contribution in [2.24, 2.45) is 5.92 Å². The lowest BCUT2D eigenvalue weighted by Crippen LogP contribution is -2.34. The van der Waals surface area contributed by atoms with Gasteiger partial charge in [-0.1, -0.05) is 13.3 Å². The van der Waals surface area contributed by atoms with Crippen LogP contribution in [0.3, 0.4) is 0 Å². The second-order valence-corrected chi connectivity index (χ2v) is 3.92. The highest BCUT2D eigenvalue weighted by Gasteiger charge is 2.36. The normalized spacial score (nSPS) is 34.6. The summed E-state index contributed by atoms with van der Waals surface area (Å²) in [5.41, 5.74) is 0. The molecule has 0 bridgehead atoms. The molecule has 13 heavy (non-hydrogen) atoms. The molecule has 1 rings (SSSR count). The SMILES string of the molecule is CCC1C[C@H](OC)CCC1B(O)O. The first kappa shape index (κ1) is 11.0. The molecular formula is C9H19BO3. The Morgan fingerprint density at radius 3 is 2.54 bits per heavy atom.